The van der Waals surface area contributed by atoms with Crippen LogP contribution in [0.2, 0.25) is 5.02 Å². The van der Waals surface area contributed by atoms with Crippen LogP contribution in [0.4, 0.5) is 10.1 Å². The second kappa shape index (κ2) is 9.12. The van der Waals surface area contributed by atoms with Crippen molar-refractivity contribution in [3.8, 4) is 16.9 Å². The molecule has 0 fully saturated rings. The summed E-state index contributed by atoms with van der Waals surface area (Å²) in [7, 11) is 1.59. The summed E-state index contributed by atoms with van der Waals surface area (Å²) in [6.45, 7) is 5.61. The van der Waals surface area contributed by atoms with E-state index in [2.05, 4.69) is 5.32 Å². The number of aryl methyl sites for hydroxylation is 1. The zero-order valence-corrected chi connectivity index (χ0v) is 19.5. The summed E-state index contributed by atoms with van der Waals surface area (Å²) in [4.78, 5) is 12.8. The Morgan fingerprint density at radius 1 is 1.12 bits per heavy atom. The number of hydrogen-bond donors (Lipinski definition) is 1. The van der Waals surface area contributed by atoms with Gasteiger partial charge in [0.2, 0.25) is 5.91 Å². The molecule has 4 nitrogen and oxygen atoms in total. The first-order chi connectivity index (χ1) is 15.8. The van der Waals surface area contributed by atoms with Gasteiger partial charge < -0.3 is 14.5 Å². The molecule has 4 aromatic rings. The lowest BCUT2D eigenvalue weighted by Crippen LogP contribution is -2.10. The van der Waals surface area contributed by atoms with E-state index >= 15 is 0 Å². The molecular weight excluding hydrogens is 441 g/mol. The molecule has 4 rings (SSSR count). The molecule has 0 saturated heterocycles. The van der Waals surface area contributed by atoms with Gasteiger partial charge in [-0.1, -0.05) is 29.8 Å². The molecule has 0 atom stereocenters. The Balaban J connectivity index is 1.76. The van der Waals surface area contributed by atoms with Gasteiger partial charge in [-0.3, -0.25) is 4.79 Å². The Hall–Kier alpha value is -3.57. The number of allylic oxidation sites excluding steroid dienone is 1. The van der Waals surface area contributed by atoms with Crippen LogP contribution in [0.5, 0.6) is 5.75 Å². The van der Waals surface area contributed by atoms with Gasteiger partial charge in [0.25, 0.3) is 0 Å². The highest BCUT2D eigenvalue weighted by Crippen LogP contribution is 2.40. The van der Waals surface area contributed by atoms with Crippen LogP contribution < -0.4 is 10.1 Å². The minimum atomic E-state index is -0.301. The Kier molecular flexibility index (Phi) is 6.25. The number of nitrogens with one attached hydrogen (secondary N) is 1. The number of benzene rings is 3. The summed E-state index contributed by atoms with van der Waals surface area (Å²) in [5.74, 6) is 0.0523. The fourth-order valence-corrected chi connectivity index (χ4v) is 4.09. The van der Waals surface area contributed by atoms with E-state index in [1.54, 1.807) is 43.7 Å². The summed E-state index contributed by atoms with van der Waals surface area (Å²) in [6.07, 6.45) is 3.18. The number of hydrogen-bond acceptors (Lipinski definition) is 3. The molecule has 1 aromatic heterocycles. The molecule has 168 valence electrons. The molecular formula is C27H23ClFNO3. The lowest BCUT2D eigenvalue weighted by atomic mass is 9.96. The van der Waals surface area contributed by atoms with Crippen LogP contribution in [-0.4, -0.2) is 13.0 Å². The zero-order valence-electron chi connectivity index (χ0n) is 18.8. The van der Waals surface area contributed by atoms with Gasteiger partial charge in [0.05, 0.1) is 13.4 Å². The Morgan fingerprint density at radius 3 is 2.55 bits per heavy atom. The van der Waals surface area contributed by atoms with Gasteiger partial charge in [0.15, 0.2) is 0 Å². The fraction of sp³-hybridized carbons (Fsp3) is 0.148. The average Bonchev–Trinajstić information content (AvgIpc) is 3.21. The smallest absolute Gasteiger partial charge is 0.248 e. The molecule has 0 radical (unpaired) electrons. The highest BCUT2D eigenvalue weighted by atomic mass is 35.5. The Bertz CT molecular complexity index is 1390. The monoisotopic (exact) mass is 463 g/mol. The van der Waals surface area contributed by atoms with Gasteiger partial charge in [0.1, 0.15) is 17.1 Å². The van der Waals surface area contributed by atoms with Crippen LogP contribution in [0.25, 0.3) is 27.7 Å². The summed E-state index contributed by atoms with van der Waals surface area (Å²) in [6, 6.07) is 13.6. The number of amides is 1. The number of furan rings is 1. The maximum atomic E-state index is 13.4. The number of methoxy groups -OCH3 is 1. The SMILES string of the molecule is COc1c(/C(C)=C/C(=O)Nc2cccc(Cl)c2C)cc2c(-c3ccc(F)cc3)coc2c1C. The molecule has 3 aromatic carbocycles. The maximum absolute atomic E-state index is 13.4. The maximum Gasteiger partial charge on any atom is 0.248 e. The van der Waals surface area contributed by atoms with Crippen LogP contribution in [0.1, 0.15) is 23.6 Å². The van der Waals surface area contributed by atoms with E-state index in [0.717, 1.165) is 38.8 Å². The molecule has 6 heteroatoms. The first-order valence-corrected chi connectivity index (χ1v) is 10.8. The van der Waals surface area contributed by atoms with Gasteiger partial charge in [-0.25, -0.2) is 4.39 Å². The van der Waals surface area contributed by atoms with Crippen LogP contribution in [0, 0.1) is 19.7 Å². The number of halogens is 2. The summed E-state index contributed by atoms with van der Waals surface area (Å²) >= 11 is 6.16. The number of carbonyl (C=O) groups is 1. The van der Waals surface area contributed by atoms with Crippen molar-refractivity contribution >= 4 is 39.7 Å². The molecule has 33 heavy (non-hydrogen) atoms. The molecule has 0 saturated carbocycles. The lowest BCUT2D eigenvalue weighted by molar-refractivity contribution is -0.111. The summed E-state index contributed by atoms with van der Waals surface area (Å²) < 4.78 is 24.9. The van der Waals surface area contributed by atoms with Crippen molar-refractivity contribution in [3.63, 3.8) is 0 Å². The van der Waals surface area contributed by atoms with Crippen molar-refractivity contribution < 1.29 is 18.3 Å². The topological polar surface area (TPSA) is 51.5 Å². The first kappa shape index (κ1) is 22.6. The molecule has 0 aliphatic rings. The van der Waals surface area contributed by atoms with Crippen molar-refractivity contribution in [2.75, 3.05) is 12.4 Å². The molecule has 1 amide bonds. The van der Waals surface area contributed by atoms with E-state index in [1.807, 2.05) is 26.8 Å². The van der Waals surface area contributed by atoms with Crippen LogP contribution in [0.15, 0.2) is 65.3 Å². The number of rotatable bonds is 5. The van der Waals surface area contributed by atoms with Crippen LogP contribution in [0.3, 0.4) is 0 Å². The second-order valence-electron chi connectivity index (χ2n) is 7.84. The number of fused-ring (bicyclic) bond motifs is 1. The van der Waals surface area contributed by atoms with Gasteiger partial charge in [0, 0.05) is 38.9 Å². The van der Waals surface area contributed by atoms with E-state index in [1.165, 1.54) is 18.2 Å². The zero-order chi connectivity index (χ0) is 23.7. The third kappa shape index (κ3) is 4.37. The molecule has 0 spiro atoms. The van der Waals surface area contributed by atoms with Gasteiger partial charge >= 0.3 is 0 Å². The summed E-state index contributed by atoms with van der Waals surface area (Å²) in [5, 5.41) is 4.33. The third-order valence-corrected chi connectivity index (χ3v) is 6.11. The molecule has 0 unspecified atom stereocenters. The van der Waals surface area contributed by atoms with E-state index in [9.17, 15) is 9.18 Å². The molecule has 0 bridgehead atoms. The first-order valence-electron chi connectivity index (χ1n) is 10.4. The minimum Gasteiger partial charge on any atom is -0.496 e. The van der Waals surface area contributed by atoms with E-state index in [0.29, 0.717) is 22.0 Å². The number of anilines is 1. The van der Waals surface area contributed by atoms with Crippen molar-refractivity contribution in [1.29, 1.82) is 0 Å². The largest absolute Gasteiger partial charge is 0.496 e. The molecule has 1 heterocycles. The average molecular weight is 464 g/mol. The number of ether oxygens (including phenoxy) is 1. The molecule has 0 aliphatic carbocycles. The van der Waals surface area contributed by atoms with Crippen LogP contribution >= 0.6 is 11.6 Å². The normalized spacial score (nSPS) is 11.6. The van der Waals surface area contributed by atoms with Crippen molar-refractivity contribution in [3.05, 3.63) is 88.4 Å². The lowest BCUT2D eigenvalue weighted by Gasteiger charge is -2.14. The summed E-state index contributed by atoms with van der Waals surface area (Å²) in [5.41, 5.74) is 6.12. The van der Waals surface area contributed by atoms with E-state index in [-0.39, 0.29) is 11.7 Å². The molecule has 1 N–H and O–H groups in total. The van der Waals surface area contributed by atoms with Gasteiger partial charge in [-0.15, -0.1) is 0 Å². The third-order valence-electron chi connectivity index (χ3n) is 5.70. The predicted octanol–water partition coefficient (Wildman–Crippen LogP) is 7.56. The van der Waals surface area contributed by atoms with E-state index in [4.69, 9.17) is 20.8 Å². The highest BCUT2D eigenvalue weighted by molar-refractivity contribution is 6.31. The Labute approximate surface area is 196 Å². The van der Waals surface area contributed by atoms with Crippen molar-refractivity contribution in [2.24, 2.45) is 0 Å². The van der Waals surface area contributed by atoms with Gasteiger partial charge in [-0.2, -0.15) is 0 Å². The van der Waals surface area contributed by atoms with Crippen LogP contribution in [-0.2, 0) is 4.79 Å². The number of carbonyl (C=O) groups excluding carboxylic acids is 1. The predicted molar refractivity (Wildman–Crippen MR) is 131 cm³/mol. The van der Waals surface area contributed by atoms with Crippen molar-refractivity contribution in [1.82, 2.24) is 0 Å². The standard InChI is InChI=1S/C27H23ClFNO3/c1-15(12-25(31)30-24-7-5-6-23(28)16(24)2)20-13-21-22(18-8-10-19(29)11-9-18)14-33-27(21)17(3)26(20)32-4/h5-14H,1-4H3,(H,30,31)/b15-12+. The minimum absolute atomic E-state index is 0.274. The molecule has 0 aliphatic heterocycles. The second-order valence-corrected chi connectivity index (χ2v) is 8.25. The quantitative estimate of drug-likeness (QED) is 0.311. The van der Waals surface area contributed by atoms with Crippen molar-refractivity contribution in [2.45, 2.75) is 20.8 Å². The fourth-order valence-electron chi connectivity index (χ4n) is 3.91. The van der Waals surface area contributed by atoms with E-state index < -0.39 is 0 Å². The van der Waals surface area contributed by atoms with Gasteiger partial charge in [-0.05, 0) is 67.8 Å². The highest BCUT2D eigenvalue weighted by Gasteiger charge is 2.19. The Morgan fingerprint density at radius 2 is 1.85 bits per heavy atom.